The first-order valence-corrected chi connectivity index (χ1v) is 8.03. The summed E-state index contributed by atoms with van der Waals surface area (Å²) in [4.78, 5) is 0. The SMILES string of the molecule is C=C/C(=C\C(Br)=C/C)OCC1CCCC2(C1)OCCO2. The summed E-state index contributed by atoms with van der Waals surface area (Å²) in [6, 6.07) is 0. The standard InChI is InChI=1S/C16H23BrO3/c1-3-14(17)10-15(4-2)18-12-13-6-5-7-16(11-13)19-8-9-20-16/h3-4,10,13H,2,5-9,11-12H2,1H3/b14-3+,15-10+. The molecule has 2 fully saturated rings. The van der Waals surface area contributed by atoms with E-state index in [-0.39, 0.29) is 5.79 Å². The lowest BCUT2D eigenvalue weighted by molar-refractivity contribution is -0.189. The fraction of sp³-hybridized carbons (Fsp3) is 0.625. The minimum Gasteiger partial charge on any atom is -0.493 e. The third kappa shape index (κ3) is 4.21. The predicted octanol–water partition coefficient (Wildman–Crippen LogP) is 4.30. The molecule has 0 aromatic carbocycles. The number of hydrogen-bond donors (Lipinski definition) is 0. The maximum Gasteiger partial charge on any atom is 0.168 e. The molecule has 1 aliphatic heterocycles. The van der Waals surface area contributed by atoms with Crippen molar-refractivity contribution in [2.24, 2.45) is 5.92 Å². The summed E-state index contributed by atoms with van der Waals surface area (Å²) < 4.78 is 18.5. The number of ether oxygens (including phenoxy) is 3. The van der Waals surface area contributed by atoms with Crippen LogP contribution in [0.4, 0.5) is 0 Å². The summed E-state index contributed by atoms with van der Waals surface area (Å²) in [6.45, 7) is 7.90. The van der Waals surface area contributed by atoms with Crippen molar-refractivity contribution in [1.82, 2.24) is 0 Å². The van der Waals surface area contributed by atoms with Crippen molar-refractivity contribution in [3.05, 3.63) is 35.0 Å². The lowest BCUT2D eigenvalue weighted by Gasteiger charge is -2.36. The molecule has 1 aliphatic carbocycles. The minimum absolute atomic E-state index is 0.325. The second kappa shape index (κ2) is 7.43. The van der Waals surface area contributed by atoms with Crippen molar-refractivity contribution in [3.8, 4) is 0 Å². The third-order valence-corrected chi connectivity index (χ3v) is 4.51. The van der Waals surface area contributed by atoms with Gasteiger partial charge in [-0.05, 0) is 37.8 Å². The summed E-state index contributed by atoms with van der Waals surface area (Å²) in [5.74, 6) is 0.950. The number of rotatable bonds is 5. The van der Waals surface area contributed by atoms with E-state index in [1.807, 2.05) is 19.1 Å². The molecule has 1 unspecified atom stereocenters. The smallest absolute Gasteiger partial charge is 0.168 e. The Balaban J connectivity index is 1.86. The van der Waals surface area contributed by atoms with Crippen LogP contribution in [-0.4, -0.2) is 25.6 Å². The largest absolute Gasteiger partial charge is 0.493 e. The molecular weight excluding hydrogens is 320 g/mol. The van der Waals surface area contributed by atoms with Gasteiger partial charge in [0.05, 0.1) is 19.8 Å². The first-order chi connectivity index (χ1) is 9.67. The molecule has 4 heteroatoms. The Kier molecular flexibility index (Phi) is 5.87. The van der Waals surface area contributed by atoms with Gasteiger partial charge in [0.15, 0.2) is 5.79 Å². The third-order valence-electron chi connectivity index (χ3n) is 3.83. The van der Waals surface area contributed by atoms with E-state index in [9.17, 15) is 0 Å². The molecule has 3 nitrogen and oxygen atoms in total. The lowest BCUT2D eigenvalue weighted by Crippen LogP contribution is -2.37. The molecule has 0 radical (unpaired) electrons. The van der Waals surface area contributed by atoms with Crippen molar-refractivity contribution in [1.29, 1.82) is 0 Å². The Morgan fingerprint density at radius 2 is 2.20 bits per heavy atom. The molecule has 0 N–H and O–H groups in total. The van der Waals surface area contributed by atoms with Gasteiger partial charge in [0.2, 0.25) is 0 Å². The monoisotopic (exact) mass is 342 g/mol. The lowest BCUT2D eigenvalue weighted by atomic mass is 9.85. The first kappa shape index (κ1) is 15.8. The van der Waals surface area contributed by atoms with Gasteiger partial charge < -0.3 is 14.2 Å². The molecule has 1 saturated carbocycles. The maximum atomic E-state index is 5.87. The van der Waals surface area contributed by atoms with Crippen LogP contribution in [0.3, 0.4) is 0 Å². The van der Waals surface area contributed by atoms with E-state index in [0.29, 0.717) is 12.5 Å². The topological polar surface area (TPSA) is 27.7 Å². The molecule has 1 heterocycles. The fourth-order valence-electron chi connectivity index (χ4n) is 2.80. The summed E-state index contributed by atoms with van der Waals surface area (Å²) >= 11 is 3.45. The molecule has 0 bridgehead atoms. The van der Waals surface area contributed by atoms with E-state index in [2.05, 4.69) is 22.5 Å². The van der Waals surface area contributed by atoms with Crippen LogP contribution in [0.2, 0.25) is 0 Å². The number of allylic oxidation sites excluding steroid dienone is 4. The van der Waals surface area contributed by atoms with E-state index in [0.717, 1.165) is 42.7 Å². The number of halogens is 1. The quantitative estimate of drug-likeness (QED) is 0.550. The van der Waals surface area contributed by atoms with E-state index in [1.54, 1.807) is 6.08 Å². The molecule has 2 aliphatic rings. The summed E-state index contributed by atoms with van der Waals surface area (Å²) in [5, 5.41) is 0. The van der Waals surface area contributed by atoms with E-state index < -0.39 is 0 Å². The average Bonchev–Trinajstić information content (AvgIpc) is 2.91. The molecule has 1 saturated heterocycles. The van der Waals surface area contributed by atoms with Crippen molar-refractivity contribution < 1.29 is 14.2 Å². The Morgan fingerprint density at radius 1 is 1.45 bits per heavy atom. The summed E-state index contributed by atoms with van der Waals surface area (Å²) in [5.41, 5.74) is 0. The van der Waals surface area contributed by atoms with Gasteiger partial charge in [-0.3, -0.25) is 0 Å². The molecule has 112 valence electrons. The van der Waals surface area contributed by atoms with Gasteiger partial charge in [-0.15, -0.1) is 0 Å². The van der Waals surface area contributed by atoms with E-state index >= 15 is 0 Å². The van der Waals surface area contributed by atoms with E-state index in [4.69, 9.17) is 14.2 Å². The Bertz CT molecular complexity index is 395. The number of hydrogen-bond acceptors (Lipinski definition) is 3. The van der Waals surface area contributed by atoms with E-state index in [1.165, 1.54) is 6.42 Å². The second-order valence-corrected chi connectivity index (χ2v) is 6.22. The Hall–Kier alpha value is -0.580. The predicted molar refractivity (Wildman–Crippen MR) is 83.5 cm³/mol. The normalized spacial score (nSPS) is 26.8. The van der Waals surface area contributed by atoms with Crippen LogP contribution < -0.4 is 0 Å². The van der Waals surface area contributed by atoms with Crippen LogP contribution in [0.15, 0.2) is 35.0 Å². The molecule has 0 aromatic rings. The molecule has 2 rings (SSSR count). The van der Waals surface area contributed by atoms with Gasteiger partial charge in [-0.25, -0.2) is 0 Å². The minimum atomic E-state index is -0.325. The molecule has 20 heavy (non-hydrogen) atoms. The molecule has 0 amide bonds. The maximum absolute atomic E-state index is 5.87. The van der Waals surface area contributed by atoms with Crippen LogP contribution in [0, 0.1) is 5.92 Å². The summed E-state index contributed by atoms with van der Waals surface area (Å²) in [6.07, 6.45) is 9.91. The van der Waals surface area contributed by atoms with Crippen LogP contribution in [-0.2, 0) is 14.2 Å². The van der Waals surface area contributed by atoms with Crippen LogP contribution in [0.5, 0.6) is 0 Å². The highest BCUT2D eigenvalue weighted by Gasteiger charge is 2.41. The molecular formula is C16H23BrO3. The Labute approximate surface area is 129 Å². The van der Waals surface area contributed by atoms with Crippen LogP contribution in [0.25, 0.3) is 0 Å². The highest BCUT2D eigenvalue weighted by molar-refractivity contribution is 9.11. The van der Waals surface area contributed by atoms with Gasteiger partial charge in [0, 0.05) is 17.3 Å². The Morgan fingerprint density at radius 3 is 2.85 bits per heavy atom. The van der Waals surface area contributed by atoms with Crippen molar-refractivity contribution in [3.63, 3.8) is 0 Å². The fourth-order valence-corrected chi connectivity index (χ4v) is 3.02. The van der Waals surface area contributed by atoms with Crippen molar-refractivity contribution in [2.75, 3.05) is 19.8 Å². The first-order valence-electron chi connectivity index (χ1n) is 7.24. The van der Waals surface area contributed by atoms with Gasteiger partial charge in [-0.1, -0.05) is 28.6 Å². The average molecular weight is 343 g/mol. The highest BCUT2D eigenvalue weighted by atomic mass is 79.9. The molecule has 1 atom stereocenters. The van der Waals surface area contributed by atoms with Gasteiger partial charge in [0.1, 0.15) is 5.76 Å². The van der Waals surface area contributed by atoms with Crippen molar-refractivity contribution >= 4 is 15.9 Å². The zero-order valence-corrected chi connectivity index (χ0v) is 13.7. The van der Waals surface area contributed by atoms with Crippen molar-refractivity contribution in [2.45, 2.75) is 38.4 Å². The highest BCUT2D eigenvalue weighted by Crippen LogP contribution is 2.39. The second-order valence-electron chi connectivity index (χ2n) is 5.31. The zero-order valence-electron chi connectivity index (χ0n) is 12.1. The van der Waals surface area contributed by atoms with Crippen LogP contribution in [0.1, 0.15) is 32.6 Å². The van der Waals surface area contributed by atoms with Gasteiger partial charge >= 0.3 is 0 Å². The molecule has 0 aromatic heterocycles. The van der Waals surface area contributed by atoms with Crippen LogP contribution >= 0.6 is 15.9 Å². The van der Waals surface area contributed by atoms with Gasteiger partial charge in [-0.2, -0.15) is 0 Å². The molecule has 1 spiro atoms. The summed E-state index contributed by atoms with van der Waals surface area (Å²) in [7, 11) is 0. The van der Waals surface area contributed by atoms with Gasteiger partial charge in [0.25, 0.3) is 0 Å². The zero-order chi connectivity index (χ0) is 14.4.